The van der Waals surface area contributed by atoms with Crippen molar-refractivity contribution < 1.29 is 0 Å². The molecule has 0 aromatic carbocycles. The maximum Gasteiger partial charge on any atom is 0.137 e. The van der Waals surface area contributed by atoms with E-state index < -0.39 is 0 Å². The number of pyridine rings is 1. The van der Waals surface area contributed by atoms with Gasteiger partial charge < -0.3 is 4.40 Å². The fourth-order valence-corrected chi connectivity index (χ4v) is 2.82. The van der Waals surface area contributed by atoms with E-state index in [1.807, 2.05) is 6.20 Å². The molecule has 0 saturated heterocycles. The van der Waals surface area contributed by atoms with Crippen molar-refractivity contribution in [2.45, 2.75) is 39.0 Å². The van der Waals surface area contributed by atoms with Gasteiger partial charge in [-0.3, -0.25) is 0 Å². The summed E-state index contributed by atoms with van der Waals surface area (Å²) in [5.41, 5.74) is 3.75. The van der Waals surface area contributed by atoms with Crippen LogP contribution in [0.4, 0.5) is 0 Å². The second kappa shape index (κ2) is 3.93. The zero-order valence-corrected chi connectivity index (χ0v) is 9.82. The summed E-state index contributed by atoms with van der Waals surface area (Å²) in [7, 11) is 0. The Morgan fingerprint density at radius 3 is 3.00 bits per heavy atom. The molecule has 1 aliphatic carbocycles. The molecular weight excluding hydrogens is 196 g/mol. The van der Waals surface area contributed by atoms with Crippen molar-refractivity contribution in [3.8, 4) is 0 Å². The first-order chi connectivity index (χ1) is 7.83. The molecule has 3 rings (SSSR count). The van der Waals surface area contributed by atoms with Gasteiger partial charge in [-0.05, 0) is 37.0 Å². The van der Waals surface area contributed by atoms with Gasteiger partial charge >= 0.3 is 0 Å². The van der Waals surface area contributed by atoms with E-state index in [9.17, 15) is 0 Å². The second-order valence-corrected chi connectivity index (χ2v) is 5.02. The van der Waals surface area contributed by atoms with Crippen molar-refractivity contribution in [1.82, 2.24) is 9.38 Å². The molecule has 0 N–H and O–H groups in total. The van der Waals surface area contributed by atoms with Crippen LogP contribution in [0.3, 0.4) is 0 Å². The van der Waals surface area contributed by atoms with Crippen LogP contribution >= 0.6 is 0 Å². The quantitative estimate of drug-likeness (QED) is 0.749. The van der Waals surface area contributed by atoms with Gasteiger partial charge in [-0.1, -0.05) is 25.7 Å². The first kappa shape index (κ1) is 9.88. The molecule has 2 nitrogen and oxygen atoms in total. The first-order valence-corrected chi connectivity index (χ1v) is 6.25. The SMILES string of the molecule is Cc1cnc2cc(CC3CCCC3)ccn12. The lowest BCUT2D eigenvalue weighted by atomic mass is 9.99. The molecule has 84 valence electrons. The summed E-state index contributed by atoms with van der Waals surface area (Å²) < 4.78 is 2.15. The molecule has 16 heavy (non-hydrogen) atoms. The molecule has 1 aliphatic rings. The lowest BCUT2D eigenvalue weighted by molar-refractivity contribution is 0.546. The number of fused-ring (bicyclic) bond motifs is 1. The molecule has 0 radical (unpaired) electrons. The molecule has 0 atom stereocenters. The van der Waals surface area contributed by atoms with Gasteiger partial charge in [0.1, 0.15) is 5.65 Å². The molecule has 2 aromatic rings. The maximum atomic E-state index is 4.42. The Hall–Kier alpha value is -1.31. The average Bonchev–Trinajstić information content (AvgIpc) is 2.90. The van der Waals surface area contributed by atoms with Gasteiger partial charge in [-0.25, -0.2) is 4.98 Å². The smallest absolute Gasteiger partial charge is 0.137 e. The topological polar surface area (TPSA) is 17.3 Å². The number of aryl methyl sites for hydroxylation is 1. The van der Waals surface area contributed by atoms with Crippen LogP contribution in [-0.4, -0.2) is 9.38 Å². The number of aromatic nitrogens is 2. The first-order valence-electron chi connectivity index (χ1n) is 6.25. The number of hydrogen-bond donors (Lipinski definition) is 0. The summed E-state index contributed by atoms with van der Waals surface area (Å²) in [6, 6.07) is 4.49. The summed E-state index contributed by atoms with van der Waals surface area (Å²) in [6.45, 7) is 2.09. The van der Waals surface area contributed by atoms with Gasteiger partial charge in [0.2, 0.25) is 0 Å². The van der Waals surface area contributed by atoms with Crippen LogP contribution in [0, 0.1) is 12.8 Å². The minimum Gasteiger partial charge on any atom is -0.304 e. The van der Waals surface area contributed by atoms with Crippen LogP contribution in [0.25, 0.3) is 5.65 Å². The summed E-state index contributed by atoms with van der Waals surface area (Å²) in [6.07, 6.45) is 11.0. The summed E-state index contributed by atoms with van der Waals surface area (Å²) in [4.78, 5) is 4.42. The zero-order valence-electron chi connectivity index (χ0n) is 9.82. The monoisotopic (exact) mass is 214 g/mol. The standard InChI is InChI=1S/C14H18N2/c1-11-10-15-14-9-13(6-7-16(11)14)8-12-4-2-3-5-12/h6-7,9-10,12H,2-5,8H2,1H3. The summed E-state index contributed by atoms with van der Waals surface area (Å²) in [5.74, 6) is 0.915. The van der Waals surface area contributed by atoms with Gasteiger partial charge in [0.15, 0.2) is 0 Å². The van der Waals surface area contributed by atoms with E-state index in [1.54, 1.807) is 0 Å². The number of nitrogens with zero attached hydrogens (tertiary/aromatic N) is 2. The molecule has 1 saturated carbocycles. The molecule has 1 fully saturated rings. The van der Waals surface area contributed by atoms with Crippen molar-refractivity contribution in [2.24, 2.45) is 5.92 Å². The van der Waals surface area contributed by atoms with Crippen LogP contribution in [0.5, 0.6) is 0 Å². The lowest BCUT2D eigenvalue weighted by Crippen LogP contribution is -1.99. The Morgan fingerprint density at radius 1 is 1.38 bits per heavy atom. The zero-order chi connectivity index (χ0) is 11.0. The molecule has 0 spiro atoms. The van der Waals surface area contributed by atoms with E-state index in [2.05, 4.69) is 34.6 Å². The average molecular weight is 214 g/mol. The van der Waals surface area contributed by atoms with Crippen molar-refractivity contribution in [1.29, 1.82) is 0 Å². The Kier molecular flexibility index (Phi) is 2.43. The summed E-state index contributed by atoms with van der Waals surface area (Å²) >= 11 is 0. The molecule has 0 amide bonds. The highest BCUT2D eigenvalue weighted by atomic mass is 15.0. The number of rotatable bonds is 2. The third kappa shape index (κ3) is 1.73. The van der Waals surface area contributed by atoms with Crippen molar-refractivity contribution >= 4 is 5.65 Å². The highest BCUT2D eigenvalue weighted by molar-refractivity contribution is 5.43. The molecule has 0 unspecified atom stereocenters. The number of imidazole rings is 1. The molecule has 0 aliphatic heterocycles. The highest BCUT2D eigenvalue weighted by Crippen LogP contribution is 2.28. The second-order valence-electron chi connectivity index (χ2n) is 5.02. The maximum absolute atomic E-state index is 4.42. The van der Waals surface area contributed by atoms with Crippen LogP contribution in [0.2, 0.25) is 0 Å². The lowest BCUT2D eigenvalue weighted by Gasteiger charge is -2.09. The van der Waals surface area contributed by atoms with E-state index in [0.29, 0.717) is 0 Å². The predicted molar refractivity (Wildman–Crippen MR) is 65.6 cm³/mol. The van der Waals surface area contributed by atoms with Crippen molar-refractivity contribution in [3.05, 3.63) is 35.8 Å². The normalized spacial score (nSPS) is 17.3. The Balaban J connectivity index is 1.87. The van der Waals surface area contributed by atoms with E-state index in [1.165, 1.54) is 43.4 Å². The molecule has 2 heteroatoms. The van der Waals surface area contributed by atoms with Crippen LogP contribution < -0.4 is 0 Å². The minimum absolute atomic E-state index is 0.915. The van der Waals surface area contributed by atoms with Gasteiger partial charge in [-0.15, -0.1) is 0 Å². The van der Waals surface area contributed by atoms with E-state index in [4.69, 9.17) is 0 Å². The van der Waals surface area contributed by atoms with Crippen LogP contribution in [0.15, 0.2) is 24.5 Å². The molecule has 0 bridgehead atoms. The predicted octanol–water partition coefficient (Wildman–Crippen LogP) is 3.38. The third-order valence-electron chi connectivity index (χ3n) is 3.76. The van der Waals surface area contributed by atoms with Crippen LogP contribution in [-0.2, 0) is 6.42 Å². The molecule has 2 heterocycles. The van der Waals surface area contributed by atoms with E-state index in [0.717, 1.165) is 11.6 Å². The van der Waals surface area contributed by atoms with Gasteiger partial charge in [0.05, 0.1) is 0 Å². The van der Waals surface area contributed by atoms with E-state index >= 15 is 0 Å². The van der Waals surface area contributed by atoms with Gasteiger partial charge in [0.25, 0.3) is 0 Å². The van der Waals surface area contributed by atoms with E-state index in [-0.39, 0.29) is 0 Å². The van der Waals surface area contributed by atoms with Crippen molar-refractivity contribution in [2.75, 3.05) is 0 Å². The fourth-order valence-electron chi connectivity index (χ4n) is 2.82. The van der Waals surface area contributed by atoms with Crippen molar-refractivity contribution in [3.63, 3.8) is 0 Å². The van der Waals surface area contributed by atoms with Gasteiger partial charge in [-0.2, -0.15) is 0 Å². The number of hydrogen-bond acceptors (Lipinski definition) is 1. The minimum atomic E-state index is 0.915. The van der Waals surface area contributed by atoms with Crippen LogP contribution in [0.1, 0.15) is 36.9 Å². The Bertz CT molecular complexity index is 492. The van der Waals surface area contributed by atoms with Gasteiger partial charge in [0, 0.05) is 18.1 Å². The molecule has 2 aromatic heterocycles. The summed E-state index contributed by atoms with van der Waals surface area (Å²) in [5, 5.41) is 0. The Morgan fingerprint density at radius 2 is 2.19 bits per heavy atom. The Labute approximate surface area is 96.3 Å². The molecular formula is C14H18N2. The largest absolute Gasteiger partial charge is 0.304 e. The highest BCUT2D eigenvalue weighted by Gasteiger charge is 2.15. The third-order valence-corrected chi connectivity index (χ3v) is 3.76. The fraction of sp³-hybridized carbons (Fsp3) is 0.500.